The molecule has 0 radical (unpaired) electrons. The van der Waals surface area contributed by atoms with Crippen LogP contribution in [0.3, 0.4) is 0 Å². The minimum Gasteiger partial charge on any atom is -0.363 e. The molecule has 0 aliphatic heterocycles. The van der Waals surface area contributed by atoms with E-state index in [2.05, 4.69) is 10.3 Å². The van der Waals surface area contributed by atoms with Crippen molar-refractivity contribution in [2.24, 2.45) is 0 Å². The van der Waals surface area contributed by atoms with Gasteiger partial charge < -0.3 is 9.88 Å². The summed E-state index contributed by atoms with van der Waals surface area (Å²) in [5.41, 5.74) is -0.413. The third kappa shape index (κ3) is 4.08. The van der Waals surface area contributed by atoms with Crippen molar-refractivity contribution in [2.45, 2.75) is 39.0 Å². The van der Waals surface area contributed by atoms with Crippen LogP contribution in [-0.2, 0) is 6.54 Å². The van der Waals surface area contributed by atoms with Gasteiger partial charge >= 0.3 is 6.18 Å². The van der Waals surface area contributed by atoms with Gasteiger partial charge in [-0.25, -0.2) is 4.98 Å². The predicted octanol–water partition coefficient (Wildman–Crippen LogP) is 2.02. The number of halogens is 3. The molecule has 4 nitrogen and oxygen atoms in total. The molecule has 0 saturated heterocycles. The number of nitrogens with one attached hydrogen (secondary N) is 1. The second-order valence-electron chi connectivity index (χ2n) is 3.73. The summed E-state index contributed by atoms with van der Waals surface area (Å²) in [5.74, 6) is -0.0499. The van der Waals surface area contributed by atoms with E-state index in [9.17, 15) is 18.0 Å². The molecule has 0 spiro atoms. The van der Waals surface area contributed by atoms with Crippen molar-refractivity contribution in [3.8, 4) is 0 Å². The number of rotatable bonds is 4. The van der Waals surface area contributed by atoms with Gasteiger partial charge in [-0.3, -0.25) is 4.79 Å². The van der Waals surface area contributed by atoms with Crippen LogP contribution in [0.2, 0.25) is 0 Å². The minimum absolute atomic E-state index is 0.0499. The molecule has 1 heterocycles. The Hall–Kier alpha value is -1.53. The minimum atomic E-state index is -4.26. The monoisotopic (exact) mass is 249 g/mol. The molecule has 7 heteroatoms. The van der Waals surface area contributed by atoms with Gasteiger partial charge in [0.15, 0.2) is 5.82 Å². The maximum absolute atomic E-state index is 12.1. The summed E-state index contributed by atoms with van der Waals surface area (Å²) in [6, 6.07) is -0.886. The molecule has 0 saturated carbocycles. The normalized spacial score (nSPS) is 13.5. The number of aryl methyl sites for hydroxylation is 1. The Bertz CT molecular complexity index is 428. The summed E-state index contributed by atoms with van der Waals surface area (Å²) in [4.78, 5) is 15.4. The molecule has 1 unspecified atom stereocenters. The zero-order valence-corrected chi connectivity index (χ0v) is 9.58. The van der Waals surface area contributed by atoms with Crippen LogP contribution in [0.15, 0.2) is 17.2 Å². The first-order valence-corrected chi connectivity index (χ1v) is 5.22. The van der Waals surface area contributed by atoms with Crippen molar-refractivity contribution >= 4 is 5.82 Å². The predicted molar refractivity (Wildman–Crippen MR) is 57.9 cm³/mol. The van der Waals surface area contributed by atoms with Gasteiger partial charge in [-0.15, -0.1) is 0 Å². The lowest BCUT2D eigenvalue weighted by Gasteiger charge is -2.16. The molecular formula is C10H14F3N3O. The van der Waals surface area contributed by atoms with E-state index in [1.54, 1.807) is 6.92 Å². The van der Waals surface area contributed by atoms with Crippen molar-refractivity contribution in [3.63, 3.8) is 0 Å². The average molecular weight is 249 g/mol. The standard InChI is InChI=1S/C10H14F3N3O/c1-3-16-5-4-14-8(9(16)17)15-7(2)6-10(11,12)13/h4-5,7H,3,6H2,1-2H3,(H,14,15). The highest BCUT2D eigenvalue weighted by Gasteiger charge is 2.30. The first-order valence-electron chi connectivity index (χ1n) is 5.22. The van der Waals surface area contributed by atoms with Crippen molar-refractivity contribution < 1.29 is 13.2 Å². The van der Waals surface area contributed by atoms with E-state index in [-0.39, 0.29) is 5.82 Å². The fourth-order valence-electron chi connectivity index (χ4n) is 1.43. The molecule has 0 bridgehead atoms. The molecule has 0 aromatic carbocycles. The Morgan fingerprint density at radius 3 is 2.71 bits per heavy atom. The Morgan fingerprint density at radius 1 is 1.53 bits per heavy atom. The highest BCUT2D eigenvalue weighted by Crippen LogP contribution is 2.22. The topological polar surface area (TPSA) is 46.9 Å². The molecule has 0 aliphatic carbocycles. The fraction of sp³-hybridized carbons (Fsp3) is 0.600. The van der Waals surface area contributed by atoms with Crippen LogP contribution in [0.4, 0.5) is 19.0 Å². The average Bonchev–Trinajstić information content (AvgIpc) is 2.18. The van der Waals surface area contributed by atoms with Gasteiger partial charge in [0, 0.05) is 25.0 Å². The highest BCUT2D eigenvalue weighted by atomic mass is 19.4. The summed E-state index contributed by atoms with van der Waals surface area (Å²) in [5, 5.41) is 2.48. The molecule has 1 atom stereocenters. The third-order valence-electron chi connectivity index (χ3n) is 2.18. The molecule has 17 heavy (non-hydrogen) atoms. The van der Waals surface area contributed by atoms with E-state index in [0.717, 1.165) is 0 Å². The molecule has 1 N–H and O–H groups in total. The first-order chi connectivity index (χ1) is 7.83. The first kappa shape index (κ1) is 13.5. The number of anilines is 1. The van der Waals surface area contributed by atoms with Crippen molar-refractivity contribution in [2.75, 3.05) is 5.32 Å². The Balaban J connectivity index is 2.79. The molecule has 0 aliphatic rings. The van der Waals surface area contributed by atoms with Gasteiger partial charge in [0.05, 0.1) is 6.42 Å². The van der Waals surface area contributed by atoms with E-state index in [4.69, 9.17) is 0 Å². The van der Waals surface area contributed by atoms with E-state index in [1.165, 1.54) is 23.9 Å². The SMILES string of the molecule is CCn1ccnc(NC(C)CC(F)(F)F)c1=O. The van der Waals surface area contributed by atoms with E-state index >= 15 is 0 Å². The van der Waals surface area contributed by atoms with Crippen molar-refractivity contribution in [3.05, 3.63) is 22.7 Å². The summed E-state index contributed by atoms with van der Waals surface area (Å²) < 4.78 is 37.7. The third-order valence-corrected chi connectivity index (χ3v) is 2.18. The number of aromatic nitrogens is 2. The van der Waals surface area contributed by atoms with Gasteiger partial charge in [0.1, 0.15) is 0 Å². The lowest BCUT2D eigenvalue weighted by molar-refractivity contribution is -0.136. The molecule has 1 aromatic rings. The Kier molecular flexibility index (Phi) is 4.14. The maximum atomic E-state index is 12.1. The van der Waals surface area contributed by atoms with Crippen LogP contribution in [0.25, 0.3) is 0 Å². The lowest BCUT2D eigenvalue weighted by atomic mass is 10.2. The summed E-state index contributed by atoms with van der Waals surface area (Å²) in [6.45, 7) is 3.58. The summed E-state index contributed by atoms with van der Waals surface area (Å²) >= 11 is 0. The molecule has 1 aromatic heterocycles. The Morgan fingerprint density at radius 2 is 2.18 bits per heavy atom. The number of hydrogen-bond donors (Lipinski definition) is 1. The van der Waals surface area contributed by atoms with Crippen LogP contribution in [-0.4, -0.2) is 21.8 Å². The van der Waals surface area contributed by atoms with E-state index in [0.29, 0.717) is 6.54 Å². The van der Waals surface area contributed by atoms with Gasteiger partial charge in [-0.1, -0.05) is 0 Å². The molecular weight excluding hydrogens is 235 g/mol. The van der Waals surface area contributed by atoms with E-state index < -0.39 is 24.2 Å². The number of alkyl halides is 3. The van der Waals surface area contributed by atoms with Crippen LogP contribution in [0, 0.1) is 0 Å². The second-order valence-corrected chi connectivity index (χ2v) is 3.73. The van der Waals surface area contributed by atoms with Crippen LogP contribution in [0.5, 0.6) is 0 Å². The van der Waals surface area contributed by atoms with Crippen molar-refractivity contribution in [1.29, 1.82) is 0 Å². The molecule has 0 fully saturated rings. The quantitative estimate of drug-likeness (QED) is 0.888. The summed E-state index contributed by atoms with van der Waals surface area (Å²) in [6.07, 6.45) is -2.39. The molecule has 0 amide bonds. The lowest BCUT2D eigenvalue weighted by Crippen LogP contribution is -2.30. The second kappa shape index (κ2) is 5.20. The zero-order chi connectivity index (χ0) is 13.1. The van der Waals surface area contributed by atoms with E-state index in [1.807, 2.05) is 0 Å². The zero-order valence-electron chi connectivity index (χ0n) is 9.58. The molecule has 96 valence electrons. The van der Waals surface area contributed by atoms with Crippen LogP contribution >= 0.6 is 0 Å². The largest absolute Gasteiger partial charge is 0.391 e. The fourth-order valence-corrected chi connectivity index (χ4v) is 1.43. The van der Waals surface area contributed by atoms with Crippen LogP contribution in [0.1, 0.15) is 20.3 Å². The van der Waals surface area contributed by atoms with Crippen LogP contribution < -0.4 is 10.9 Å². The van der Waals surface area contributed by atoms with Gasteiger partial charge in [-0.05, 0) is 13.8 Å². The maximum Gasteiger partial charge on any atom is 0.391 e. The number of nitrogens with zero attached hydrogens (tertiary/aromatic N) is 2. The molecule has 1 rings (SSSR count). The van der Waals surface area contributed by atoms with Gasteiger partial charge in [0.25, 0.3) is 5.56 Å². The number of hydrogen-bond acceptors (Lipinski definition) is 3. The van der Waals surface area contributed by atoms with Gasteiger partial charge in [0.2, 0.25) is 0 Å². The van der Waals surface area contributed by atoms with Gasteiger partial charge in [-0.2, -0.15) is 13.2 Å². The Labute approximate surface area is 96.5 Å². The smallest absolute Gasteiger partial charge is 0.363 e. The highest BCUT2D eigenvalue weighted by molar-refractivity contribution is 5.31. The summed E-state index contributed by atoms with van der Waals surface area (Å²) in [7, 11) is 0. The van der Waals surface area contributed by atoms with Crippen molar-refractivity contribution in [1.82, 2.24) is 9.55 Å².